The monoisotopic (exact) mass is 1380 g/mol. The molecule has 0 aliphatic heterocycles. The molecule has 0 saturated heterocycles. The normalized spacial score (nSPS) is 13.0. The molecule has 1 fully saturated rings. The Morgan fingerprint density at radius 3 is 1.39 bits per heavy atom. The van der Waals surface area contributed by atoms with Crippen LogP contribution in [0.4, 0.5) is 23.3 Å². The third-order valence-electron chi connectivity index (χ3n) is 19.4. The average molecular weight is 1380 g/mol. The maximum Gasteiger partial charge on any atom is 0.219 e. The Morgan fingerprint density at radius 1 is 0.524 bits per heavy atom. The van der Waals surface area contributed by atoms with Gasteiger partial charge in [-0.1, -0.05) is 49.8 Å². The van der Waals surface area contributed by atoms with Crippen LogP contribution in [-0.2, 0) is 40.6 Å². The second-order valence-electron chi connectivity index (χ2n) is 25.9. The van der Waals surface area contributed by atoms with Gasteiger partial charge in [-0.2, -0.15) is 10.2 Å². The molecule has 0 unspecified atom stereocenters. The van der Waals surface area contributed by atoms with E-state index in [0.29, 0.717) is 86.3 Å². The molecule has 10 heterocycles. The molecular formula is C76H86N24O3. The lowest BCUT2D eigenvalue weighted by molar-refractivity contribution is -0.130. The number of carbonyl (C=O) groups excluding carboxylic acids is 3. The van der Waals surface area contributed by atoms with E-state index in [2.05, 4.69) is 121 Å². The van der Waals surface area contributed by atoms with Gasteiger partial charge in [0.25, 0.3) is 0 Å². The number of anilines is 4. The number of amides is 3. The highest BCUT2D eigenvalue weighted by Crippen LogP contribution is 2.38. The van der Waals surface area contributed by atoms with Crippen LogP contribution in [0.25, 0.3) is 110 Å². The Balaban J connectivity index is 0.000000122. The van der Waals surface area contributed by atoms with Crippen LogP contribution in [0.1, 0.15) is 134 Å². The number of aromatic amines is 5. The van der Waals surface area contributed by atoms with E-state index in [-0.39, 0.29) is 17.7 Å². The second-order valence-corrected chi connectivity index (χ2v) is 25.9. The molecular weight excluding hydrogens is 1300 g/mol. The molecule has 13 N–H and O–H groups in total. The number of nitrogens with two attached hydrogens (primary N) is 4. The van der Waals surface area contributed by atoms with Gasteiger partial charge in [0.2, 0.25) is 17.7 Å². The molecule has 16 rings (SSSR count). The molecule has 4 aromatic carbocycles. The van der Waals surface area contributed by atoms with E-state index in [9.17, 15) is 14.4 Å². The Morgan fingerprint density at radius 2 is 0.971 bits per heavy atom. The summed E-state index contributed by atoms with van der Waals surface area (Å²) in [6.07, 6.45) is 18.1. The van der Waals surface area contributed by atoms with Crippen LogP contribution in [0.5, 0.6) is 0 Å². The third-order valence-corrected chi connectivity index (χ3v) is 19.4. The van der Waals surface area contributed by atoms with E-state index in [0.717, 1.165) is 136 Å². The van der Waals surface area contributed by atoms with Crippen molar-refractivity contribution < 1.29 is 14.4 Å². The van der Waals surface area contributed by atoms with Gasteiger partial charge in [-0.3, -0.25) is 19.5 Å². The lowest BCUT2D eigenvalue weighted by Crippen LogP contribution is -2.28. The number of H-pyrrole nitrogens is 5. The highest BCUT2D eigenvalue weighted by atomic mass is 16.2. The van der Waals surface area contributed by atoms with Crippen LogP contribution in [0, 0.1) is 0 Å². The van der Waals surface area contributed by atoms with Crippen LogP contribution in [0.15, 0.2) is 122 Å². The number of carbonyl (C=O) groups is 3. The lowest BCUT2D eigenvalue weighted by Gasteiger charge is -2.16. The first kappa shape index (κ1) is 69.2. The number of hydrogen-bond donors (Lipinski definition) is 9. The Labute approximate surface area is 593 Å². The van der Waals surface area contributed by atoms with Crippen molar-refractivity contribution in [1.82, 2.24) is 99.4 Å². The Hall–Kier alpha value is -12.3. The number of nitrogen functional groups attached to an aromatic ring is 4. The zero-order chi connectivity index (χ0) is 72.2. The number of nitrogens with one attached hydrogen (secondary N) is 5. The van der Waals surface area contributed by atoms with Gasteiger partial charge in [0.15, 0.2) is 0 Å². The number of allylic oxidation sites excluding steroid dienone is 2. The molecule has 0 atom stereocenters. The molecule has 103 heavy (non-hydrogen) atoms. The number of benzene rings is 4. The first-order valence-corrected chi connectivity index (χ1v) is 35.0. The Kier molecular flexibility index (Phi) is 20.1. The van der Waals surface area contributed by atoms with E-state index in [1.54, 1.807) is 52.5 Å². The summed E-state index contributed by atoms with van der Waals surface area (Å²) in [7, 11) is 0. The molecule has 0 radical (unpaired) electrons. The number of imidazole rings is 4. The minimum absolute atomic E-state index is 0.00720. The third kappa shape index (κ3) is 14.6. The fourth-order valence-corrected chi connectivity index (χ4v) is 13.7. The van der Waals surface area contributed by atoms with Crippen molar-refractivity contribution in [2.24, 2.45) is 0 Å². The van der Waals surface area contributed by atoms with Gasteiger partial charge in [0.1, 0.15) is 90.7 Å². The van der Waals surface area contributed by atoms with E-state index < -0.39 is 0 Å². The molecule has 14 aromatic rings. The number of pyridine rings is 4. The number of aromatic nitrogens is 16. The van der Waals surface area contributed by atoms with Crippen molar-refractivity contribution in [1.29, 1.82) is 0 Å². The number of nitrogens with zero attached hydrogens (tertiary/aromatic N) is 15. The maximum atomic E-state index is 11.7. The predicted octanol–water partition coefficient (Wildman–Crippen LogP) is 12.6. The van der Waals surface area contributed by atoms with Gasteiger partial charge < -0.3 is 62.5 Å². The predicted molar refractivity (Wildman–Crippen MR) is 408 cm³/mol. The summed E-state index contributed by atoms with van der Waals surface area (Å²) < 4.78 is 1.77. The standard InChI is InChI=1S/C20H25N5O.C20H23N5O.C18H19N7O.C18H19N7/c2*1-3-25(12(2)26)11-17-23-18-15-9-8-14(13-6-4-5-7-13)10-16(15)22-20(21)19(18)24-17;1-3-24(11(2)26)10-15-22-16-13-6-5-12(25-8-4-7-20-25)9-14(13)21-18(19)17(16)23-15;1-3-25(4-2)10-15-22-16-12-6-5-11(13-7-8-20-24-13)9-14(12)21-18(19)17(16)23-15/h8-10,13H,3-7,11H2,1-2H3,(H2,21,22)(H,23,24);6,8-10H,3-5,7,11H2,1-2H3,(H2,21,22)(H,23,24);4-9H,3,10H2,1-2H3,(H2,19,21)(H,22,23);3,5-9H,1,4,10H2,2H3,(H2,19,21)(H,20,24)(H,22,23). The molecule has 10 aromatic heterocycles. The van der Waals surface area contributed by atoms with Crippen LogP contribution < -0.4 is 22.9 Å². The molecule has 3 amide bonds. The summed E-state index contributed by atoms with van der Waals surface area (Å²) in [5.74, 6) is 5.43. The quantitative estimate of drug-likeness (QED) is 0.0409. The van der Waals surface area contributed by atoms with Crippen LogP contribution >= 0.6 is 0 Å². The summed E-state index contributed by atoms with van der Waals surface area (Å²) >= 11 is 0. The fourth-order valence-electron chi connectivity index (χ4n) is 13.7. The first-order valence-electron chi connectivity index (χ1n) is 35.0. The topological polar surface area (TPSA) is 381 Å². The fraction of sp³-hybridized carbons (Fsp3) is 0.303. The van der Waals surface area contributed by atoms with Crippen molar-refractivity contribution in [3.8, 4) is 16.9 Å². The van der Waals surface area contributed by atoms with Crippen molar-refractivity contribution in [3.05, 3.63) is 157 Å². The number of fused-ring (bicyclic) bond motifs is 12. The highest BCUT2D eigenvalue weighted by molar-refractivity contribution is 6.10. The highest BCUT2D eigenvalue weighted by Gasteiger charge is 2.23. The molecule has 1 saturated carbocycles. The molecule has 27 nitrogen and oxygen atoms in total. The van der Waals surface area contributed by atoms with Gasteiger partial charge >= 0.3 is 0 Å². The summed E-state index contributed by atoms with van der Waals surface area (Å²) in [6.45, 7) is 21.1. The van der Waals surface area contributed by atoms with Gasteiger partial charge in [-0.25, -0.2) is 44.6 Å². The van der Waals surface area contributed by atoms with E-state index in [1.807, 2.05) is 81.7 Å². The van der Waals surface area contributed by atoms with Crippen molar-refractivity contribution in [2.45, 2.75) is 126 Å². The minimum atomic E-state index is 0.00720. The minimum Gasteiger partial charge on any atom is -0.382 e. The van der Waals surface area contributed by atoms with Gasteiger partial charge in [-0.05, 0) is 149 Å². The molecule has 27 heteroatoms. The van der Waals surface area contributed by atoms with E-state index >= 15 is 0 Å². The SMILES string of the molecule is C=CN(CC)Cc1nc2c([nH]1)c(N)nc1cc(-c3ccn[nH]3)ccc12.CCN(Cc1nc2c([nH]1)c(N)nc1cc(-n3cccn3)ccc12)C(C)=O.CCN(Cc1nc2c([nH]1)c(N)nc1cc(C3=CCCC3)ccc12)C(C)=O.CCN(Cc1nc2c([nH]1)c(N)nc1cc(C3CCCC3)ccc12)C(C)=O. The van der Waals surface area contributed by atoms with Gasteiger partial charge in [0, 0.05) is 92.6 Å². The van der Waals surface area contributed by atoms with Gasteiger partial charge in [0.05, 0.1) is 59.6 Å². The van der Waals surface area contributed by atoms with Crippen LogP contribution in [-0.4, -0.2) is 143 Å². The van der Waals surface area contributed by atoms with E-state index in [4.69, 9.17) is 37.9 Å². The van der Waals surface area contributed by atoms with Crippen molar-refractivity contribution >= 4 is 134 Å². The second kappa shape index (κ2) is 29.9. The maximum absolute atomic E-state index is 11.7. The number of hydrogen-bond acceptors (Lipinski definition) is 18. The lowest BCUT2D eigenvalue weighted by atomic mass is 9.96. The zero-order valence-electron chi connectivity index (χ0n) is 59.1. The summed E-state index contributed by atoms with van der Waals surface area (Å²) in [5, 5.41) is 15.0. The molecule has 0 spiro atoms. The molecule has 2 aliphatic rings. The van der Waals surface area contributed by atoms with Gasteiger partial charge in [-0.15, -0.1) is 0 Å². The molecule has 0 bridgehead atoms. The zero-order valence-corrected chi connectivity index (χ0v) is 59.1. The molecule has 528 valence electrons. The summed E-state index contributed by atoms with van der Waals surface area (Å²) in [5.41, 5.74) is 41.0. The molecule has 2 aliphatic carbocycles. The Bertz CT molecular complexity index is 5500. The van der Waals surface area contributed by atoms with Crippen LogP contribution in [0.2, 0.25) is 0 Å². The average Bonchev–Trinajstić information content (AvgIpc) is 1.71. The first-order chi connectivity index (χ1) is 49.9. The van der Waals surface area contributed by atoms with E-state index in [1.165, 1.54) is 48.8 Å². The summed E-state index contributed by atoms with van der Waals surface area (Å²) in [4.78, 5) is 92.4. The smallest absolute Gasteiger partial charge is 0.219 e. The largest absolute Gasteiger partial charge is 0.382 e. The van der Waals surface area contributed by atoms with Crippen molar-refractivity contribution in [3.63, 3.8) is 0 Å². The summed E-state index contributed by atoms with van der Waals surface area (Å²) in [6, 6.07) is 28.5. The van der Waals surface area contributed by atoms with Crippen LogP contribution in [0.3, 0.4) is 0 Å². The number of rotatable bonds is 17. The van der Waals surface area contributed by atoms with Crippen molar-refractivity contribution in [2.75, 3.05) is 49.1 Å².